The van der Waals surface area contributed by atoms with Gasteiger partial charge in [-0.15, -0.1) is 11.3 Å². The van der Waals surface area contributed by atoms with Gasteiger partial charge in [-0.05, 0) is 30.9 Å². The van der Waals surface area contributed by atoms with Crippen molar-refractivity contribution in [1.82, 2.24) is 20.1 Å². The molecule has 7 heteroatoms. The van der Waals surface area contributed by atoms with Crippen molar-refractivity contribution in [3.63, 3.8) is 0 Å². The summed E-state index contributed by atoms with van der Waals surface area (Å²) in [7, 11) is 0. The number of hydrogen-bond donors (Lipinski definition) is 1. The molecule has 1 amide bonds. The van der Waals surface area contributed by atoms with Crippen molar-refractivity contribution in [3.8, 4) is 10.8 Å². The van der Waals surface area contributed by atoms with Gasteiger partial charge in [0.2, 0.25) is 5.89 Å². The first-order chi connectivity index (χ1) is 13.6. The van der Waals surface area contributed by atoms with E-state index in [0.717, 1.165) is 16.1 Å². The van der Waals surface area contributed by atoms with Crippen LogP contribution in [0.25, 0.3) is 10.8 Å². The third-order valence-corrected chi connectivity index (χ3v) is 5.36. The van der Waals surface area contributed by atoms with E-state index in [-0.39, 0.29) is 5.91 Å². The first-order valence-corrected chi connectivity index (χ1v) is 9.84. The molecule has 0 saturated carbocycles. The summed E-state index contributed by atoms with van der Waals surface area (Å²) in [5, 5.41) is 9.44. The summed E-state index contributed by atoms with van der Waals surface area (Å²) >= 11 is 1.56. The van der Waals surface area contributed by atoms with Crippen LogP contribution in [0.3, 0.4) is 0 Å². The van der Waals surface area contributed by atoms with E-state index in [1.165, 1.54) is 0 Å². The number of aromatic nitrogens is 3. The number of nitrogens with one attached hydrogen (secondary N) is 1. The lowest BCUT2D eigenvalue weighted by atomic mass is 10.1. The second-order valence-corrected chi connectivity index (χ2v) is 7.44. The molecule has 1 aromatic carbocycles. The van der Waals surface area contributed by atoms with Gasteiger partial charge in [-0.3, -0.25) is 9.48 Å². The highest BCUT2D eigenvalue weighted by Crippen LogP contribution is 2.23. The zero-order chi connectivity index (χ0) is 19.5. The number of oxazole rings is 1. The number of aryl methyl sites for hydroxylation is 1. The van der Waals surface area contributed by atoms with E-state index in [4.69, 9.17) is 4.42 Å². The average Bonchev–Trinajstić information content (AvgIpc) is 3.42. The zero-order valence-corrected chi connectivity index (χ0v) is 16.5. The Kier molecular flexibility index (Phi) is 5.08. The maximum absolute atomic E-state index is 12.7. The Morgan fingerprint density at radius 2 is 2.00 bits per heavy atom. The second kappa shape index (κ2) is 7.82. The fourth-order valence-electron chi connectivity index (χ4n) is 3.10. The molecule has 4 rings (SSSR count). The molecule has 0 saturated heterocycles. The molecule has 0 aliphatic heterocycles. The fourth-order valence-corrected chi connectivity index (χ4v) is 3.75. The summed E-state index contributed by atoms with van der Waals surface area (Å²) in [6, 6.07) is 14.0. The van der Waals surface area contributed by atoms with Gasteiger partial charge in [-0.2, -0.15) is 5.10 Å². The number of rotatable bonds is 6. The smallest absolute Gasteiger partial charge is 0.255 e. The highest BCUT2D eigenvalue weighted by molar-refractivity contribution is 7.13. The van der Waals surface area contributed by atoms with Crippen LogP contribution < -0.4 is 5.32 Å². The molecule has 0 unspecified atom stereocenters. The Labute approximate surface area is 166 Å². The van der Waals surface area contributed by atoms with Gasteiger partial charge in [-0.25, -0.2) is 4.98 Å². The third kappa shape index (κ3) is 3.75. The van der Waals surface area contributed by atoms with Crippen LogP contribution in [0.1, 0.15) is 33.0 Å². The molecule has 4 aromatic rings. The molecule has 142 valence electrons. The molecule has 0 radical (unpaired) electrons. The van der Waals surface area contributed by atoms with Crippen molar-refractivity contribution < 1.29 is 9.21 Å². The van der Waals surface area contributed by atoms with E-state index < -0.39 is 0 Å². The summed E-state index contributed by atoms with van der Waals surface area (Å²) < 4.78 is 7.36. The van der Waals surface area contributed by atoms with Gasteiger partial charge in [0.1, 0.15) is 6.26 Å². The van der Waals surface area contributed by atoms with Crippen LogP contribution >= 0.6 is 11.3 Å². The van der Waals surface area contributed by atoms with E-state index in [0.29, 0.717) is 35.9 Å². The standard InChI is InChI=1S/C21H20N4O2S/c1-14-19(15(2)25(24-14)12-16-7-4-3-5-8-16)20(26)22-11-17-13-27-21(23-17)18-9-6-10-28-18/h3-10,13H,11-12H2,1-2H3,(H,22,26). The van der Waals surface area contributed by atoms with E-state index in [9.17, 15) is 4.79 Å². The first kappa shape index (κ1) is 18.2. The van der Waals surface area contributed by atoms with Gasteiger partial charge in [0.05, 0.1) is 34.9 Å². The molecular weight excluding hydrogens is 372 g/mol. The number of hydrogen-bond acceptors (Lipinski definition) is 5. The van der Waals surface area contributed by atoms with Crippen LogP contribution in [0.2, 0.25) is 0 Å². The fraction of sp³-hybridized carbons (Fsp3) is 0.190. The Balaban J connectivity index is 1.45. The molecule has 0 fully saturated rings. The Morgan fingerprint density at radius 1 is 1.18 bits per heavy atom. The quantitative estimate of drug-likeness (QED) is 0.534. The van der Waals surface area contributed by atoms with Crippen molar-refractivity contribution in [2.75, 3.05) is 0 Å². The van der Waals surface area contributed by atoms with Crippen LogP contribution in [0, 0.1) is 13.8 Å². The van der Waals surface area contributed by atoms with Crippen molar-refractivity contribution in [2.45, 2.75) is 26.9 Å². The average molecular weight is 392 g/mol. The number of amides is 1. The molecule has 0 spiro atoms. The van der Waals surface area contributed by atoms with Gasteiger partial charge < -0.3 is 9.73 Å². The zero-order valence-electron chi connectivity index (χ0n) is 15.7. The topological polar surface area (TPSA) is 73.0 Å². The minimum atomic E-state index is -0.157. The lowest BCUT2D eigenvalue weighted by Crippen LogP contribution is -2.24. The maximum Gasteiger partial charge on any atom is 0.255 e. The number of benzene rings is 1. The predicted octanol–water partition coefficient (Wildman–Crippen LogP) is 4.19. The van der Waals surface area contributed by atoms with E-state index in [2.05, 4.69) is 15.4 Å². The molecule has 3 aromatic heterocycles. The minimum Gasteiger partial charge on any atom is -0.443 e. The van der Waals surface area contributed by atoms with Gasteiger partial charge in [0.25, 0.3) is 5.91 Å². The van der Waals surface area contributed by atoms with Gasteiger partial charge in [0, 0.05) is 5.69 Å². The summed E-state index contributed by atoms with van der Waals surface area (Å²) in [5.41, 5.74) is 3.99. The van der Waals surface area contributed by atoms with Crippen molar-refractivity contribution in [2.24, 2.45) is 0 Å². The molecule has 0 aliphatic rings. The molecule has 3 heterocycles. The highest BCUT2D eigenvalue weighted by atomic mass is 32.1. The normalized spacial score (nSPS) is 10.9. The highest BCUT2D eigenvalue weighted by Gasteiger charge is 2.19. The SMILES string of the molecule is Cc1nn(Cc2ccccc2)c(C)c1C(=O)NCc1coc(-c2cccs2)n1. The minimum absolute atomic E-state index is 0.157. The number of nitrogens with zero attached hydrogens (tertiary/aromatic N) is 3. The van der Waals surface area contributed by atoms with Crippen LogP contribution in [0.5, 0.6) is 0 Å². The largest absolute Gasteiger partial charge is 0.443 e. The van der Waals surface area contributed by atoms with Crippen LogP contribution in [0.4, 0.5) is 0 Å². The second-order valence-electron chi connectivity index (χ2n) is 6.49. The van der Waals surface area contributed by atoms with E-state index in [1.807, 2.05) is 66.4 Å². The van der Waals surface area contributed by atoms with Crippen molar-refractivity contribution in [1.29, 1.82) is 0 Å². The van der Waals surface area contributed by atoms with Crippen LogP contribution in [-0.2, 0) is 13.1 Å². The Bertz CT molecular complexity index is 1080. The summed E-state index contributed by atoms with van der Waals surface area (Å²) in [6.07, 6.45) is 1.58. The first-order valence-electron chi connectivity index (χ1n) is 8.96. The lowest BCUT2D eigenvalue weighted by Gasteiger charge is -2.06. The maximum atomic E-state index is 12.7. The molecule has 6 nitrogen and oxygen atoms in total. The molecule has 0 bridgehead atoms. The Hall–Kier alpha value is -3.19. The van der Waals surface area contributed by atoms with E-state index >= 15 is 0 Å². The van der Waals surface area contributed by atoms with Gasteiger partial charge in [0.15, 0.2) is 0 Å². The molecule has 28 heavy (non-hydrogen) atoms. The van der Waals surface area contributed by atoms with Gasteiger partial charge in [-0.1, -0.05) is 36.4 Å². The molecule has 1 N–H and O–H groups in total. The molecule has 0 aliphatic carbocycles. The molecule has 0 atom stereocenters. The van der Waals surface area contributed by atoms with E-state index in [1.54, 1.807) is 17.6 Å². The number of carbonyl (C=O) groups excluding carboxylic acids is 1. The number of thiophene rings is 1. The van der Waals surface area contributed by atoms with Crippen molar-refractivity contribution in [3.05, 3.63) is 82.3 Å². The predicted molar refractivity (Wildman–Crippen MR) is 108 cm³/mol. The monoisotopic (exact) mass is 392 g/mol. The molecular formula is C21H20N4O2S. The lowest BCUT2D eigenvalue weighted by molar-refractivity contribution is 0.0949. The number of carbonyl (C=O) groups is 1. The van der Waals surface area contributed by atoms with Crippen LogP contribution in [0.15, 0.2) is 58.5 Å². The van der Waals surface area contributed by atoms with Crippen molar-refractivity contribution >= 4 is 17.2 Å². The summed E-state index contributed by atoms with van der Waals surface area (Å²) in [5.74, 6) is 0.414. The van der Waals surface area contributed by atoms with Crippen LogP contribution in [-0.4, -0.2) is 20.7 Å². The third-order valence-electron chi connectivity index (χ3n) is 4.50. The summed E-state index contributed by atoms with van der Waals surface area (Å²) in [4.78, 5) is 18.1. The van der Waals surface area contributed by atoms with Gasteiger partial charge >= 0.3 is 0 Å². The Morgan fingerprint density at radius 3 is 2.75 bits per heavy atom. The summed E-state index contributed by atoms with van der Waals surface area (Å²) in [6.45, 7) is 4.71.